The molecule has 3 rings (SSSR count). The molecule has 0 bridgehead atoms. The number of aryl methyl sites for hydroxylation is 2. The molecule has 1 aliphatic carbocycles. The first-order valence-electron chi connectivity index (χ1n) is 6.41. The number of rotatable bonds is 2. The Labute approximate surface area is 111 Å². The first kappa shape index (κ1) is 11.9. The van der Waals surface area contributed by atoms with Gasteiger partial charge >= 0.3 is 0 Å². The van der Waals surface area contributed by atoms with Crippen LogP contribution >= 0.6 is 0 Å². The average Bonchev–Trinajstić information content (AvgIpc) is 2.85. The van der Waals surface area contributed by atoms with E-state index in [1.165, 1.54) is 23.3 Å². The minimum absolute atomic E-state index is 0.194. The molecule has 19 heavy (non-hydrogen) atoms. The minimum Gasteiger partial charge on any atom is -0.322 e. The van der Waals surface area contributed by atoms with Gasteiger partial charge in [0.2, 0.25) is 0 Å². The molecular weight excluding hydrogens is 241 g/mol. The second-order valence-electron chi connectivity index (χ2n) is 4.80. The highest BCUT2D eigenvalue weighted by Gasteiger charge is 2.14. The van der Waals surface area contributed by atoms with Gasteiger partial charge in [-0.15, -0.1) is 0 Å². The first-order chi connectivity index (χ1) is 9.22. The number of carbonyl (C=O) groups is 1. The van der Waals surface area contributed by atoms with Crippen LogP contribution in [0.2, 0.25) is 0 Å². The van der Waals surface area contributed by atoms with Crippen molar-refractivity contribution in [1.82, 2.24) is 0 Å². The van der Waals surface area contributed by atoms with Crippen LogP contribution in [-0.4, -0.2) is 5.91 Å². The van der Waals surface area contributed by atoms with Gasteiger partial charge in [0, 0.05) is 11.3 Å². The maximum atomic E-state index is 13.0. The number of amides is 1. The minimum atomic E-state index is -0.355. The van der Waals surface area contributed by atoms with Crippen LogP contribution in [0.5, 0.6) is 0 Å². The third-order valence-corrected chi connectivity index (χ3v) is 3.44. The summed E-state index contributed by atoms with van der Waals surface area (Å²) in [6.07, 6.45) is 3.29. The maximum absolute atomic E-state index is 13.0. The highest BCUT2D eigenvalue weighted by atomic mass is 19.1. The quantitative estimate of drug-likeness (QED) is 0.873. The van der Waals surface area contributed by atoms with Gasteiger partial charge in [-0.1, -0.05) is 12.1 Å². The fourth-order valence-electron chi connectivity index (χ4n) is 2.48. The van der Waals surface area contributed by atoms with Crippen molar-refractivity contribution in [3.8, 4) is 0 Å². The van der Waals surface area contributed by atoms with Crippen molar-refractivity contribution in [1.29, 1.82) is 0 Å². The molecule has 0 aromatic heterocycles. The van der Waals surface area contributed by atoms with Gasteiger partial charge in [0.15, 0.2) is 0 Å². The predicted molar refractivity (Wildman–Crippen MR) is 72.8 cm³/mol. The summed E-state index contributed by atoms with van der Waals surface area (Å²) >= 11 is 0. The van der Waals surface area contributed by atoms with Crippen molar-refractivity contribution in [2.45, 2.75) is 19.3 Å². The molecule has 1 amide bonds. The van der Waals surface area contributed by atoms with Crippen LogP contribution in [0.3, 0.4) is 0 Å². The number of carbonyl (C=O) groups excluding carboxylic acids is 1. The van der Waals surface area contributed by atoms with Crippen LogP contribution in [0.4, 0.5) is 10.1 Å². The number of halogens is 1. The Balaban J connectivity index is 1.81. The molecule has 0 saturated carbocycles. The van der Waals surface area contributed by atoms with E-state index in [-0.39, 0.29) is 11.7 Å². The average molecular weight is 255 g/mol. The molecule has 1 N–H and O–H groups in total. The number of nitrogens with one attached hydrogen (secondary N) is 1. The van der Waals surface area contributed by atoms with E-state index in [9.17, 15) is 9.18 Å². The first-order valence-corrected chi connectivity index (χ1v) is 6.41. The fraction of sp³-hybridized carbons (Fsp3) is 0.188. The molecule has 1 aliphatic rings. The second-order valence-corrected chi connectivity index (χ2v) is 4.80. The lowest BCUT2D eigenvalue weighted by Gasteiger charge is -2.07. The van der Waals surface area contributed by atoms with Gasteiger partial charge < -0.3 is 5.32 Å². The van der Waals surface area contributed by atoms with E-state index >= 15 is 0 Å². The number of fused-ring (bicyclic) bond motifs is 1. The van der Waals surface area contributed by atoms with Gasteiger partial charge in [0.05, 0.1) is 0 Å². The zero-order chi connectivity index (χ0) is 13.2. The normalized spacial score (nSPS) is 13.1. The van der Waals surface area contributed by atoms with Gasteiger partial charge in [-0.25, -0.2) is 4.39 Å². The van der Waals surface area contributed by atoms with E-state index in [0.29, 0.717) is 11.3 Å². The highest BCUT2D eigenvalue weighted by molar-refractivity contribution is 6.04. The van der Waals surface area contributed by atoms with Crippen molar-refractivity contribution in [3.05, 3.63) is 65.0 Å². The van der Waals surface area contributed by atoms with Crippen molar-refractivity contribution >= 4 is 11.6 Å². The molecule has 2 aromatic rings. The Morgan fingerprint density at radius 2 is 1.89 bits per heavy atom. The Morgan fingerprint density at radius 1 is 1.05 bits per heavy atom. The molecule has 0 fully saturated rings. The monoisotopic (exact) mass is 255 g/mol. The van der Waals surface area contributed by atoms with Crippen LogP contribution in [0.1, 0.15) is 27.9 Å². The van der Waals surface area contributed by atoms with Crippen molar-refractivity contribution in [3.63, 3.8) is 0 Å². The highest BCUT2D eigenvalue weighted by Crippen LogP contribution is 2.23. The largest absolute Gasteiger partial charge is 0.322 e. The lowest BCUT2D eigenvalue weighted by Crippen LogP contribution is -2.12. The molecule has 0 spiro atoms. The van der Waals surface area contributed by atoms with E-state index in [1.54, 1.807) is 12.1 Å². The van der Waals surface area contributed by atoms with E-state index < -0.39 is 0 Å². The van der Waals surface area contributed by atoms with Gasteiger partial charge in [-0.3, -0.25) is 4.79 Å². The SMILES string of the molecule is O=C(Nc1cccc(F)c1)c1ccc2c(c1)CCC2. The van der Waals surface area contributed by atoms with Crippen molar-refractivity contribution in [2.75, 3.05) is 5.32 Å². The van der Waals surface area contributed by atoms with Gasteiger partial charge in [0.1, 0.15) is 5.82 Å². The fourth-order valence-corrected chi connectivity index (χ4v) is 2.48. The summed E-state index contributed by atoms with van der Waals surface area (Å²) in [5.41, 5.74) is 3.70. The van der Waals surface area contributed by atoms with Crippen LogP contribution in [0.15, 0.2) is 42.5 Å². The van der Waals surface area contributed by atoms with Crippen LogP contribution in [-0.2, 0) is 12.8 Å². The third-order valence-electron chi connectivity index (χ3n) is 3.44. The Hall–Kier alpha value is -2.16. The molecule has 0 saturated heterocycles. The molecule has 0 heterocycles. The molecule has 2 aromatic carbocycles. The Morgan fingerprint density at radius 3 is 2.74 bits per heavy atom. The van der Waals surface area contributed by atoms with Gasteiger partial charge in [0.25, 0.3) is 5.91 Å². The van der Waals surface area contributed by atoms with Crippen molar-refractivity contribution in [2.24, 2.45) is 0 Å². The number of anilines is 1. The second kappa shape index (κ2) is 4.84. The van der Waals surface area contributed by atoms with Gasteiger partial charge in [-0.2, -0.15) is 0 Å². The summed E-state index contributed by atoms with van der Waals surface area (Å²) in [5, 5.41) is 2.71. The Kier molecular flexibility index (Phi) is 3.03. The molecule has 3 heteroatoms. The van der Waals surface area contributed by atoms with Crippen LogP contribution < -0.4 is 5.32 Å². The molecule has 0 aliphatic heterocycles. The summed E-state index contributed by atoms with van der Waals surface area (Å²) in [7, 11) is 0. The zero-order valence-corrected chi connectivity index (χ0v) is 10.4. The molecule has 96 valence electrons. The van der Waals surface area contributed by atoms with Gasteiger partial charge in [-0.05, 0) is 60.7 Å². The molecule has 0 unspecified atom stereocenters. The zero-order valence-electron chi connectivity index (χ0n) is 10.4. The van der Waals surface area contributed by atoms with Crippen LogP contribution in [0.25, 0.3) is 0 Å². The molecular formula is C16H14FNO. The van der Waals surface area contributed by atoms with Crippen LogP contribution in [0, 0.1) is 5.82 Å². The number of hydrogen-bond donors (Lipinski definition) is 1. The molecule has 0 atom stereocenters. The van der Waals surface area contributed by atoms with E-state index in [2.05, 4.69) is 5.32 Å². The lowest BCUT2D eigenvalue weighted by molar-refractivity contribution is 0.102. The molecule has 2 nitrogen and oxygen atoms in total. The predicted octanol–water partition coefficient (Wildman–Crippen LogP) is 3.57. The summed E-state index contributed by atoms with van der Waals surface area (Å²) in [4.78, 5) is 12.1. The standard InChI is InChI=1S/C16H14FNO/c17-14-5-2-6-15(10-14)18-16(19)13-8-7-11-3-1-4-12(11)9-13/h2,5-10H,1,3-4H2,(H,18,19). The van der Waals surface area contributed by atoms with E-state index in [4.69, 9.17) is 0 Å². The van der Waals surface area contributed by atoms with E-state index in [1.807, 2.05) is 18.2 Å². The van der Waals surface area contributed by atoms with Crippen molar-refractivity contribution < 1.29 is 9.18 Å². The smallest absolute Gasteiger partial charge is 0.255 e. The number of benzene rings is 2. The number of hydrogen-bond acceptors (Lipinski definition) is 1. The summed E-state index contributed by atoms with van der Waals surface area (Å²) < 4.78 is 13.0. The summed E-state index contributed by atoms with van der Waals surface area (Å²) in [6.45, 7) is 0. The summed E-state index contributed by atoms with van der Waals surface area (Å²) in [6, 6.07) is 11.7. The molecule has 0 radical (unpaired) electrons. The Bertz CT molecular complexity index is 636. The lowest BCUT2D eigenvalue weighted by atomic mass is 10.1. The maximum Gasteiger partial charge on any atom is 0.255 e. The third kappa shape index (κ3) is 2.50. The van der Waals surface area contributed by atoms with E-state index in [0.717, 1.165) is 19.3 Å². The summed E-state index contributed by atoms with van der Waals surface area (Å²) in [5.74, 6) is -0.549. The topological polar surface area (TPSA) is 29.1 Å².